The molecule has 4 heteroatoms. The second kappa shape index (κ2) is 5.65. The fraction of sp³-hybridized carbons (Fsp3) is 0.615. The molecule has 1 amide bonds. The van der Waals surface area contributed by atoms with Crippen molar-refractivity contribution in [2.75, 3.05) is 6.54 Å². The SMILES string of the molecule is CC1CCC(CNCc2cc(C(N)=O)cs2)C1. The number of nitrogens with two attached hydrogens (primary N) is 1. The van der Waals surface area contributed by atoms with E-state index in [0.29, 0.717) is 5.56 Å². The van der Waals surface area contributed by atoms with Crippen molar-refractivity contribution in [3.05, 3.63) is 21.9 Å². The Labute approximate surface area is 106 Å². The standard InChI is InChI=1S/C13H20N2OS/c1-9-2-3-10(4-9)6-15-7-12-5-11(8-17-12)13(14)16/h5,8-10,15H,2-4,6-7H2,1H3,(H2,14,16). The van der Waals surface area contributed by atoms with Gasteiger partial charge < -0.3 is 11.1 Å². The fourth-order valence-corrected chi connectivity index (χ4v) is 3.36. The molecule has 1 aliphatic rings. The Balaban J connectivity index is 1.72. The van der Waals surface area contributed by atoms with Gasteiger partial charge in [0.2, 0.25) is 5.91 Å². The average molecular weight is 252 g/mol. The molecule has 17 heavy (non-hydrogen) atoms. The van der Waals surface area contributed by atoms with Crippen molar-refractivity contribution < 1.29 is 4.79 Å². The number of carbonyl (C=O) groups excluding carboxylic acids is 1. The lowest BCUT2D eigenvalue weighted by atomic mass is 10.1. The van der Waals surface area contributed by atoms with Crippen LogP contribution >= 0.6 is 11.3 Å². The van der Waals surface area contributed by atoms with E-state index in [2.05, 4.69) is 12.2 Å². The number of hydrogen-bond donors (Lipinski definition) is 2. The third-order valence-corrected chi connectivity index (χ3v) is 4.41. The zero-order valence-corrected chi connectivity index (χ0v) is 11.1. The third kappa shape index (κ3) is 3.54. The first kappa shape index (κ1) is 12.6. The summed E-state index contributed by atoms with van der Waals surface area (Å²) in [5.41, 5.74) is 5.84. The van der Waals surface area contributed by atoms with Crippen molar-refractivity contribution in [3.8, 4) is 0 Å². The Kier molecular flexibility index (Phi) is 4.18. The summed E-state index contributed by atoms with van der Waals surface area (Å²) >= 11 is 1.60. The van der Waals surface area contributed by atoms with Crippen LogP contribution in [0.3, 0.4) is 0 Å². The van der Waals surface area contributed by atoms with Gasteiger partial charge in [0.05, 0.1) is 5.56 Å². The zero-order chi connectivity index (χ0) is 12.3. The highest BCUT2D eigenvalue weighted by Gasteiger charge is 2.20. The minimum absolute atomic E-state index is 0.336. The molecule has 3 nitrogen and oxygen atoms in total. The number of primary amides is 1. The first-order valence-corrected chi connectivity index (χ1v) is 7.11. The molecular weight excluding hydrogens is 232 g/mol. The first-order valence-electron chi connectivity index (χ1n) is 6.23. The molecule has 0 aromatic carbocycles. The molecule has 0 radical (unpaired) electrons. The van der Waals surface area contributed by atoms with Gasteiger partial charge in [-0.15, -0.1) is 11.3 Å². The van der Waals surface area contributed by atoms with E-state index < -0.39 is 0 Å². The number of hydrogen-bond acceptors (Lipinski definition) is 3. The van der Waals surface area contributed by atoms with Crippen LogP contribution in [-0.4, -0.2) is 12.5 Å². The van der Waals surface area contributed by atoms with E-state index in [9.17, 15) is 4.79 Å². The van der Waals surface area contributed by atoms with E-state index in [1.54, 1.807) is 11.3 Å². The van der Waals surface area contributed by atoms with Crippen molar-refractivity contribution in [3.63, 3.8) is 0 Å². The summed E-state index contributed by atoms with van der Waals surface area (Å²) in [7, 11) is 0. The van der Waals surface area contributed by atoms with Crippen molar-refractivity contribution in [2.24, 2.45) is 17.6 Å². The highest BCUT2D eigenvalue weighted by atomic mass is 32.1. The van der Waals surface area contributed by atoms with Gasteiger partial charge in [-0.05, 0) is 37.3 Å². The second-order valence-corrected chi connectivity index (χ2v) is 6.08. The highest BCUT2D eigenvalue weighted by molar-refractivity contribution is 7.10. The van der Waals surface area contributed by atoms with Gasteiger partial charge in [0.25, 0.3) is 0 Å². The van der Waals surface area contributed by atoms with E-state index in [0.717, 1.165) is 24.9 Å². The van der Waals surface area contributed by atoms with Crippen LogP contribution in [0.1, 0.15) is 41.4 Å². The molecule has 0 aliphatic heterocycles. The predicted octanol–water partition coefficient (Wildman–Crippen LogP) is 2.37. The molecule has 1 saturated carbocycles. The summed E-state index contributed by atoms with van der Waals surface area (Å²) in [5, 5.41) is 5.31. The predicted molar refractivity (Wildman–Crippen MR) is 71.0 cm³/mol. The van der Waals surface area contributed by atoms with Crippen LogP contribution in [0, 0.1) is 11.8 Å². The smallest absolute Gasteiger partial charge is 0.249 e. The minimum atomic E-state index is -0.336. The number of carbonyl (C=O) groups is 1. The maximum Gasteiger partial charge on any atom is 0.249 e. The highest BCUT2D eigenvalue weighted by Crippen LogP contribution is 2.29. The molecule has 1 aromatic rings. The summed E-state index contributed by atoms with van der Waals surface area (Å²) in [6.07, 6.45) is 4.08. The molecule has 0 spiro atoms. The molecule has 1 aromatic heterocycles. The molecule has 0 saturated heterocycles. The van der Waals surface area contributed by atoms with E-state index in [4.69, 9.17) is 5.73 Å². The monoisotopic (exact) mass is 252 g/mol. The Bertz CT molecular complexity index is 389. The summed E-state index contributed by atoms with van der Waals surface area (Å²) in [5.74, 6) is 1.39. The zero-order valence-electron chi connectivity index (χ0n) is 10.2. The fourth-order valence-electron chi connectivity index (χ4n) is 2.51. The molecule has 94 valence electrons. The molecule has 1 aliphatic carbocycles. The second-order valence-electron chi connectivity index (χ2n) is 5.08. The van der Waals surface area contributed by atoms with Crippen LogP contribution in [0.5, 0.6) is 0 Å². The van der Waals surface area contributed by atoms with Gasteiger partial charge in [-0.25, -0.2) is 0 Å². The lowest BCUT2D eigenvalue weighted by molar-refractivity contribution is 0.100. The van der Waals surface area contributed by atoms with Crippen LogP contribution in [0.2, 0.25) is 0 Å². The van der Waals surface area contributed by atoms with E-state index in [-0.39, 0.29) is 5.91 Å². The molecule has 0 bridgehead atoms. The van der Waals surface area contributed by atoms with E-state index in [1.165, 1.54) is 24.1 Å². The van der Waals surface area contributed by atoms with Crippen LogP contribution in [-0.2, 0) is 6.54 Å². The largest absolute Gasteiger partial charge is 0.366 e. The lowest BCUT2D eigenvalue weighted by Crippen LogP contribution is -2.20. The van der Waals surface area contributed by atoms with E-state index in [1.807, 2.05) is 11.4 Å². The molecule has 2 rings (SSSR count). The van der Waals surface area contributed by atoms with Gasteiger partial charge in [0.15, 0.2) is 0 Å². The number of rotatable bonds is 5. The van der Waals surface area contributed by atoms with Crippen LogP contribution < -0.4 is 11.1 Å². The molecule has 2 atom stereocenters. The maximum atomic E-state index is 10.9. The average Bonchev–Trinajstić information content (AvgIpc) is 2.88. The normalized spacial score (nSPS) is 24.1. The molecule has 1 heterocycles. The third-order valence-electron chi connectivity index (χ3n) is 3.47. The summed E-state index contributed by atoms with van der Waals surface area (Å²) in [6, 6.07) is 1.89. The quantitative estimate of drug-likeness (QED) is 0.845. The number of thiophene rings is 1. The Hall–Kier alpha value is -0.870. The first-order chi connectivity index (χ1) is 8.15. The van der Waals surface area contributed by atoms with Gasteiger partial charge in [-0.1, -0.05) is 13.3 Å². The maximum absolute atomic E-state index is 10.9. The van der Waals surface area contributed by atoms with E-state index >= 15 is 0 Å². The molecular formula is C13H20N2OS. The van der Waals surface area contributed by atoms with Gasteiger partial charge in [0, 0.05) is 16.8 Å². The number of amides is 1. The summed E-state index contributed by atoms with van der Waals surface area (Å²) in [4.78, 5) is 12.1. The van der Waals surface area contributed by atoms with Crippen molar-refractivity contribution in [1.29, 1.82) is 0 Å². The molecule has 3 N–H and O–H groups in total. The van der Waals surface area contributed by atoms with Gasteiger partial charge in [-0.3, -0.25) is 4.79 Å². The summed E-state index contributed by atoms with van der Waals surface area (Å²) in [6.45, 7) is 4.27. The van der Waals surface area contributed by atoms with Crippen molar-refractivity contribution in [1.82, 2.24) is 5.32 Å². The Morgan fingerprint density at radius 2 is 2.41 bits per heavy atom. The number of nitrogens with one attached hydrogen (secondary N) is 1. The lowest BCUT2D eigenvalue weighted by Gasteiger charge is -2.10. The van der Waals surface area contributed by atoms with Gasteiger partial charge in [-0.2, -0.15) is 0 Å². The summed E-state index contributed by atoms with van der Waals surface area (Å²) < 4.78 is 0. The van der Waals surface area contributed by atoms with Crippen molar-refractivity contribution >= 4 is 17.2 Å². The van der Waals surface area contributed by atoms with Crippen LogP contribution in [0.15, 0.2) is 11.4 Å². The van der Waals surface area contributed by atoms with Crippen LogP contribution in [0.4, 0.5) is 0 Å². The molecule has 1 fully saturated rings. The van der Waals surface area contributed by atoms with Gasteiger partial charge >= 0.3 is 0 Å². The topological polar surface area (TPSA) is 55.1 Å². The van der Waals surface area contributed by atoms with Crippen molar-refractivity contribution in [2.45, 2.75) is 32.7 Å². The Morgan fingerprint density at radius 3 is 3.00 bits per heavy atom. The minimum Gasteiger partial charge on any atom is -0.366 e. The Morgan fingerprint density at radius 1 is 1.59 bits per heavy atom. The van der Waals surface area contributed by atoms with Gasteiger partial charge in [0.1, 0.15) is 0 Å². The van der Waals surface area contributed by atoms with Crippen LogP contribution in [0.25, 0.3) is 0 Å². The molecule has 2 unspecified atom stereocenters.